The van der Waals surface area contributed by atoms with Gasteiger partial charge in [0.1, 0.15) is 12.4 Å². The first-order valence-electron chi connectivity index (χ1n) is 13.9. The van der Waals surface area contributed by atoms with Gasteiger partial charge in [0, 0.05) is 43.7 Å². The lowest BCUT2D eigenvalue weighted by atomic mass is 9.91. The highest BCUT2D eigenvalue weighted by atomic mass is 16.5. The van der Waals surface area contributed by atoms with Gasteiger partial charge in [0.05, 0.1) is 19.7 Å². The molecular weight excluding hydrogens is 502 g/mol. The molecule has 0 radical (unpaired) electrons. The highest BCUT2D eigenvalue weighted by Gasteiger charge is 2.23. The Morgan fingerprint density at radius 1 is 0.800 bits per heavy atom. The first-order valence-corrected chi connectivity index (χ1v) is 13.9. The number of rotatable bonds is 11. The second-order valence-electron chi connectivity index (χ2n) is 10.4. The minimum absolute atomic E-state index is 0.347. The summed E-state index contributed by atoms with van der Waals surface area (Å²) in [5.74, 6) is 3.64. The molecule has 0 unspecified atom stereocenters. The van der Waals surface area contributed by atoms with Crippen molar-refractivity contribution in [2.45, 2.75) is 50.9 Å². The molecule has 40 heavy (non-hydrogen) atoms. The Balaban J connectivity index is 1.21. The van der Waals surface area contributed by atoms with Crippen molar-refractivity contribution in [2.75, 3.05) is 38.5 Å². The number of anilines is 2. The predicted octanol–water partition coefficient (Wildman–Crippen LogP) is 5.80. The highest BCUT2D eigenvalue weighted by Crippen LogP contribution is 2.40. The molecule has 1 saturated carbocycles. The van der Waals surface area contributed by atoms with E-state index in [1.54, 1.807) is 14.2 Å². The quantitative estimate of drug-likeness (QED) is 0.246. The van der Waals surface area contributed by atoms with E-state index in [1.807, 2.05) is 61.5 Å². The fraction of sp³-hybridized carbons (Fsp3) is 0.375. The van der Waals surface area contributed by atoms with E-state index in [0.717, 1.165) is 59.3 Å². The molecule has 5 rings (SSSR count). The number of nitrogens with one attached hydrogen (secondary N) is 2. The van der Waals surface area contributed by atoms with Crippen LogP contribution in [0.25, 0.3) is 10.9 Å². The van der Waals surface area contributed by atoms with E-state index in [1.165, 1.54) is 0 Å². The second kappa shape index (κ2) is 12.9. The van der Waals surface area contributed by atoms with E-state index < -0.39 is 0 Å². The van der Waals surface area contributed by atoms with Gasteiger partial charge in [-0.25, -0.2) is 4.98 Å². The lowest BCUT2D eigenvalue weighted by molar-refractivity contribution is 0.270. The molecule has 0 atom stereocenters. The molecule has 0 aliphatic heterocycles. The van der Waals surface area contributed by atoms with Crippen molar-refractivity contribution in [2.24, 2.45) is 0 Å². The Hall–Kier alpha value is -4.04. The van der Waals surface area contributed by atoms with Gasteiger partial charge in [0.15, 0.2) is 11.5 Å². The summed E-state index contributed by atoms with van der Waals surface area (Å²) in [5, 5.41) is 8.42. The lowest BCUT2D eigenvalue weighted by Gasteiger charge is -2.30. The van der Waals surface area contributed by atoms with Gasteiger partial charge in [0.25, 0.3) is 0 Å². The molecule has 0 spiro atoms. The largest absolute Gasteiger partial charge is 0.493 e. The molecule has 1 aliphatic rings. The van der Waals surface area contributed by atoms with Crippen molar-refractivity contribution in [3.05, 3.63) is 77.9 Å². The maximum atomic E-state index is 6.30. The van der Waals surface area contributed by atoms with Gasteiger partial charge in [-0.05, 0) is 49.4 Å². The molecule has 0 amide bonds. The fourth-order valence-electron chi connectivity index (χ4n) is 5.31. The van der Waals surface area contributed by atoms with Crippen LogP contribution in [-0.2, 0) is 13.2 Å². The van der Waals surface area contributed by atoms with Crippen LogP contribution in [0, 0.1) is 0 Å². The number of hydrogen-bond donors (Lipinski definition) is 2. The van der Waals surface area contributed by atoms with Crippen LogP contribution in [0.15, 0.2) is 66.7 Å². The number of aromatic nitrogens is 2. The third-order valence-corrected chi connectivity index (χ3v) is 7.46. The normalized spacial score (nSPS) is 16.9. The highest BCUT2D eigenvalue weighted by molar-refractivity contribution is 5.90. The molecule has 8 heteroatoms. The van der Waals surface area contributed by atoms with Crippen LogP contribution in [-0.4, -0.2) is 50.4 Å². The number of ether oxygens (including phenoxy) is 3. The summed E-state index contributed by atoms with van der Waals surface area (Å²) < 4.78 is 17.5. The second-order valence-corrected chi connectivity index (χ2v) is 10.4. The maximum absolute atomic E-state index is 6.30. The Labute approximate surface area is 236 Å². The van der Waals surface area contributed by atoms with Crippen LogP contribution in [0.3, 0.4) is 0 Å². The van der Waals surface area contributed by atoms with Crippen molar-refractivity contribution >= 4 is 22.7 Å². The minimum atomic E-state index is 0.347. The summed E-state index contributed by atoms with van der Waals surface area (Å²) in [5.41, 5.74) is 3.11. The first-order chi connectivity index (χ1) is 19.6. The van der Waals surface area contributed by atoms with Gasteiger partial charge in [-0.2, -0.15) is 4.98 Å². The maximum Gasteiger partial charge on any atom is 0.225 e. The van der Waals surface area contributed by atoms with E-state index >= 15 is 0 Å². The summed E-state index contributed by atoms with van der Waals surface area (Å²) in [6, 6.07) is 23.1. The summed E-state index contributed by atoms with van der Waals surface area (Å²) in [6.07, 6.45) is 4.24. The molecule has 0 saturated heterocycles. The molecule has 1 aliphatic carbocycles. The van der Waals surface area contributed by atoms with Crippen molar-refractivity contribution in [3.63, 3.8) is 0 Å². The molecule has 1 fully saturated rings. The van der Waals surface area contributed by atoms with E-state index in [-0.39, 0.29) is 0 Å². The predicted molar refractivity (Wildman–Crippen MR) is 161 cm³/mol. The topological polar surface area (TPSA) is 80.8 Å². The van der Waals surface area contributed by atoms with E-state index in [9.17, 15) is 0 Å². The number of nitrogens with zero attached hydrogens (tertiary/aromatic N) is 3. The summed E-state index contributed by atoms with van der Waals surface area (Å²) >= 11 is 0. The van der Waals surface area contributed by atoms with E-state index in [0.29, 0.717) is 42.7 Å². The van der Waals surface area contributed by atoms with Crippen molar-refractivity contribution < 1.29 is 14.2 Å². The van der Waals surface area contributed by atoms with Crippen LogP contribution in [0.1, 0.15) is 36.8 Å². The average Bonchev–Trinajstić information content (AvgIpc) is 2.99. The molecular formula is C32H39N5O3. The van der Waals surface area contributed by atoms with Gasteiger partial charge in [-0.3, -0.25) is 0 Å². The average molecular weight is 542 g/mol. The molecule has 210 valence electrons. The Morgan fingerprint density at radius 2 is 1.52 bits per heavy atom. The van der Waals surface area contributed by atoms with Gasteiger partial charge >= 0.3 is 0 Å². The molecule has 2 N–H and O–H groups in total. The number of methoxy groups -OCH3 is 2. The molecule has 3 aromatic carbocycles. The summed E-state index contributed by atoms with van der Waals surface area (Å²) in [4.78, 5) is 11.7. The number of benzene rings is 3. The number of hydrogen-bond acceptors (Lipinski definition) is 8. The molecule has 0 bridgehead atoms. The molecule has 1 aromatic heterocycles. The van der Waals surface area contributed by atoms with Gasteiger partial charge in [-0.15, -0.1) is 0 Å². The molecule has 4 aromatic rings. The fourth-order valence-corrected chi connectivity index (χ4v) is 5.31. The number of para-hydroxylation sites is 1. The van der Waals surface area contributed by atoms with E-state index in [2.05, 4.69) is 34.9 Å². The zero-order valence-electron chi connectivity index (χ0n) is 23.8. The van der Waals surface area contributed by atoms with Crippen molar-refractivity contribution in [3.8, 4) is 17.2 Å². The standard InChI is InChI=1S/C32H39N5O3/c1-37(2)31-26-12-8-9-13-27(26)35-32(36-31)34-25-17-15-24(16-18-25)33-20-23-14-19-28(38-3)30(39-4)29(23)40-21-22-10-6-5-7-11-22/h5-14,19,24-25,33H,15-18,20-21H2,1-4H3,(H,34,35,36)/t24-,25+. The lowest BCUT2D eigenvalue weighted by Crippen LogP contribution is -2.37. The Bertz CT molecular complexity index is 1400. The first kappa shape index (κ1) is 27.5. The van der Waals surface area contributed by atoms with Crippen molar-refractivity contribution in [1.29, 1.82) is 0 Å². The molecule has 1 heterocycles. The third-order valence-electron chi connectivity index (χ3n) is 7.46. The Morgan fingerprint density at radius 3 is 2.25 bits per heavy atom. The molecule has 8 nitrogen and oxygen atoms in total. The summed E-state index contributed by atoms with van der Waals surface area (Å²) in [6.45, 7) is 1.15. The third kappa shape index (κ3) is 6.39. The zero-order valence-corrected chi connectivity index (χ0v) is 23.8. The van der Waals surface area contributed by atoms with Crippen LogP contribution in [0.2, 0.25) is 0 Å². The smallest absolute Gasteiger partial charge is 0.225 e. The van der Waals surface area contributed by atoms with Gasteiger partial charge in [0.2, 0.25) is 11.7 Å². The minimum Gasteiger partial charge on any atom is -0.493 e. The van der Waals surface area contributed by atoms with E-state index in [4.69, 9.17) is 24.2 Å². The van der Waals surface area contributed by atoms with Gasteiger partial charge < -0.3 is 29.7 Å². The van der Waals surface area contributed by atoms with Crippen LogP contribution < -0.4 is 29.7 Å². The zero-order chi connectivity index (χ0) is 27.9. The van der Waals surface area contributed by atoms with Gasteiger partial charge in [-0.1, -0.05) is 48.5 Å². The van der Waals surface area contributed by atoms with Crippen LogP contribution >= 0.6 is 0 Å². The van der Waals surface area contributed by atoms with Crippen molar-refractivity contribution in [1.82, 2.24) is 15.3 Å². The summed E-state index contributed by atoms with van der Waals surface area (Å²) in [7, 11) is 7.34. The van der Waals surface area contributed by atoms with Crippen LogP contribution in [0.5, 0.6) is 17.2 Å². The SMILES string of the molecule is COc1ccc(CN[C@H]2CC[C@@H](Nc3nc(N(C)C)c4ccccc4n3)CC2)c(OCc2ccccc2)c1OC. The number of fused-ring (bicyclic) bond motifs is 1. The monoisotopic (exact) mass is 541 g/mol. The Kier molecular flexibility index (Phi) is 8.86. The van der Waals surface area contributed by atoms with Crippen LogP contribution in [0.4, 0.5) is 11.8 Å².